The number of rotatable bonds is 5. The fourth-order valence-electron chi connectivity index (χ4n) is 4.64. The van der Waals surface area contributed by atoms with Gasteiger partial charge in [0.2, 0.25) is 11.8 Å². The van der Waals surface area contributed by atoms with Crippen molar-refractivity contribution in [3.05, 3.63) is 72.1 Å². The standard InChI is InChI=1S/C24H27N3O2/c28-23(11-10-18-6-2-1-3-7-18)27-21-9-5-4-8-20(21)16-22(27)24(29)26-17-19-12-14-25-15-13-19/h1-3,6-7,10-15,20-22H,4-5,8-9,16-17H2,(H,26,29). The number of nitrogens with one attached hydrogen (secondary N) is 1. The van der Waals surface area contributed by atoms with E-state index in [4.69, 9.17) is 0 Å². The maximum atomic E-state index is 13.1. The highest BCUT2D eigenvalue weighted by molar-refractivity contribution is 5.96. The van der Waals surface area contributed by atoms with Crippen LogP contribution in [-0.2, 0) is 16.1 Å². The van der Waals surface area contributed by atoms with Gasteiger partial charge in [0, 0.05) is 31.1 Å². The van der Waals surface area contributed by atoms with Gasteiger partial charge in [0.1, 0.15) is 6.04 Å². The van der Waals surface area contributed by atoms with Crippen molar-refractivity contribution in [1.82, 2.24) is 15.2 Å². The summed E-state index contributed by atoms with van der Waals surface area (Å²) in [6.07, 6.45) is 12.1. The van der Waals surface area contributed by atoms with Gasteiger partial charge in [-0.25, -0.2) is 0 Å². The van der Waals surface area contributed by atoms with Crippen molar-refractivity contribution in [2.24, 2.45) is 5.92 Å². The smallest absolute Gasteiger partial charge is 0.247 e. The van der Waals surface area contributed by atoms with Crippen LogP contribution in [0.2, 0.25) is 0 Å². The number of fused-ring (bicyclic) bond motifs is 1. The molecule has 1 N–H and O–H groups in total. The molecule has 1 aromatic carbocycles. The van der Waals surface area contributed by atoms with Gasteiger partial charge >= 0.3 is 0 Å². The molecule has 2 aliphatic rings. The van der Waals surface area contributed by atoms with Gasteiger partial charge < -0.3 is 10.2 Å². The van der Waals surface area contributed by atoms with Crippen molar-refractivity contribution >= 4 is 17.9 Å². The molecule has 0 radical (unpaired) electrons. The molecule has 2 amide bonds. The zero-order valence-electron chi connectivity index (χ0n) is 16.5. The van der Waals surface area contributed by atoms with Gasteiger partial charge in [-0.15, -0.1) is 0 Å². The van der Waals surface area contributed by atoms with E-state index in [1.807, 2.05) is 53.4 Å². The molecule has 1 aliphatic heterocycles. The molecular formula is C24H27N3O2. The molecule has 29 heavy (non-hydrogen) atoms. The fraction of sp³-hybridized carbons (Fsp3) is 0.375. The molecule has 0 spiro atoms. The number of benzene rings is 1. The molecule has 0 bridgehead atoms. The van der Waals surface area contributed by atoms with Crippen LogP contribution in [0.15, 0.2) is 60.9 Å². The third-order valence-corrected chi connectivity index (χ3v) is 6.08. The molecule has 1 aliphatic carbocycles. The summed E-state index contributed by atoms with van der Waals surface area (Å²) in [5, 5.41) is 3.02. The molecule has 150 valence electrons. The highest BCUT2D eigenvalue weighted by atomic mass is 16.2. The molecule has 2 fully saturated rings. The van der Waals surface area contributed by atoms with E-state index >= 15 is 0 Å². The number of carbonyl (C=O) groups excluding carboxylic acids is 2. The predicted octanol–water partition coefficient (Wildman–Crippen LogP) is 3.57. The van der Waals surface area contributed by atoms with E-state index in [0.717, 1.165) is 36.8 Å². The Morgan fingerprint density at radius 1 is 1.07 bits per heavy atom. The predicted molar refractivity (Wildman–Crippen MR) is 113 cm³/mol. The Hall–Kier alpha value is -2.95. The van der Waals surface area contributed by atoms with Crippen LogP contribution in [0.1, 0.15) is 43.2 Å². The van der Waals surface area contributed by atoms with Gasteiger partial charge in [-0.2, -0.15) is 0 Å². The molecule has 2 aromatic rings. The van der Waals surface area contributed by atoms with Gasteiger partial charge in [0.15, 0.2) is 0 Å². The maximum absolute atomic E-state index is 13.1. The van der Waals surface area contributed by atoms with E-state index in [0.29, 0.717) is 12.5 Å². The molecule has 3 atom stereocenters. The zero-order valence-corrected chi connectivity index (χ0v) is 16.5. The maximum Gasteiger partial charge on any atom is 0.247 e. The molecule has 2 heterocycles. The first kappa shape index (κ1) is 19.4. The molecule has 5 nitrogen and oxygen atoms in total. The van der Waals surface area contributed by atoms with Crippen LogP contribution in [0.4, 0.5) is 0 Å². The van der Waals surface area contributed by atoms with E-state index in [9.17, 15) is 9.59 Å². The largest absolute Gasteiger partial charge is 0.350 e. The van der Waals surface area contributed by atoms with Crippen LogP contribution in [0, 0.1) is 5.92 Å². The van der Waals surface area contributed by atoms with Crippen LogP contribution in [-0.4, -0.2) is 33.8 Å². The van der Waals surface area contributed by atoms with Gasteiger partial charge in [-0.3, -0.25) is 14.6 Å². The fourth-order valence-corrected chi connectivity index (χ4v) is 4.64. The van der Waals surface area contributed by atoms with E-state index in [1.165, 1.54) is 6.42 Å². The lowest BCUT2D eigenvalue weighted by Crippen LogP contribution is -2.48. The second kappa shape index (κ2) is 9.03. The number of carbonyl (C=O) groups is 2. The molecular weight excluding hydrogens is 362 g/mol. The molecule has 1 saturated heterocycles. The second-order valence-electron chi connectivity index (χ2n) is 7.93. The lowest BCUT2D eigenvalue weighted by Gasteiger charge is -2.33. The Bertz CT molecular complexity index is 866. The minimum Gasteiger partial charge on any atom is -0.350 e. The first-order valence-electron chi connectivity index (χ1n) is 10.4. The van der Waals surface area contributed by atoms with Gasteiger partial charge in [0.25, 0.3) is 0 Å². The lowest BCUT2D eigenvalue weighted by molar-refractivity contribution is -0.137. The summed E-state index contributed by atoms with van der Waals surface area (Å²) in [6.45, 7) is 0.453. The van der Waals surface area contributed by atoms with E-state index < -0.39 is 6.04 Å². The number of pyridine rings is 1. The zero-order chi connectivity index (χ0) is 20.1. The van der Waals surface area contributed by atoms with Crippen LogP contribution >= 0.6 is 0 Å². The van der Waals surface area contributed by atoms with E-state index in [-0.39, 0.29) is 17.9 Å². The third-order valence-electron chi connectivity index (χ3n) is 6.08. The Labute approximate surface area is 171 Å². The van der Waals surface area contributed by atoms with E-state index in [1.54, 1.807) is 18.5 Å². The highest BCUT2D eigenvalue weighted by Crippen LogP contribution is 2.40. The van der Waals surface area contributed by atoms with Crippen LogP contribution in [0.5, 0.6) is 0 Å². The van der Waals surface area contributed by atoms with Gasteiger partial charge in [-0.05, 0) is 54.5 Å². The molecule has 4 rings (SSSR count). The minimum atomic E-state index is -0.391. The van der Waals surface area contributed by atoms with E-state index in [2.05, 4.69) is 10.3 Å². The highest BCUT2D eigenvalue weighted by Gasteiger charge is 2.46. The minimum absolute atomic E-state index is 0.0577. The Kier molecular flexibility index (Phi) is 6.03. The summed E-state index contributed by atoms with van der Waals surface area (Å²) in [4.78, 5) is 32.0. The summed E-state index contributed by atoms with van der Waals surface area (Å²) >= 11 is 0. The normalized spacial score (nSPS) is 23.7. The molecule has 1 aromatic heterocycles. The van der Waals surface area contributed by atoms with Gasteiger partial charge in [0.05, 0.1) is 0 Å². The SMILES string of the molecule is O=C(NCc1ccncc1)C1CC2CCCCC2N1C(=O)C=Cc1ccccc1. The molecule has 5 heteroatoms. The monoisotopic (exact) mass is 389 g/mol. The van der Waals surface area contributed by atoms with Crippen LogP contribution in [0.3, 0.4) is 0 Å². The summed E-state index contributed by atoms with van der Waals surface area (Å²) < 4.78 is 0. The van der Waals surface area contributed by atoms with Crippen molar-refractivity contribution in [2.75, 3.05) is 0 Å². The number of likely N-dealkylation sites (tertiary alicyclic amines) is 1. The summed E-state index contributed by atoms with van der Waals surface area (Å²) in [6, 6.07) is 13.4. The number of amides is 2. The Morgan fingerprint density at radius 3 is 2.62 bits per heavy atom. The number of hydrogen-bond donors (Lipinski definition) is 1. The number of aromatic nitrogens is 1. The summed E-state index contributed by atoms with van der Waals surface area (Å²) in [5.74, 6) is 0.305. The first-order chi connectivity index (χ1) is 14.2. The van der Waals surface area contributed by atoms with Crippen molar-refractivity contribution < 1.29 is 9.59 Å². The second-order valence-corrected chi connectivity index (χ2v) is 7.93. The molecule has 3 unspecified atom stereocenters. The number of hydrogen-bond acceptors (Lipinski definition) is 3. The van der Waals surface area contributed by atoms with Crippen molar-refractivity contribution in [3.8, 4) is 0 Å². The average Bonchev–Trinajstić information content (AvgIpc) is 3.17. The quantitative estimate of drug-likeness (QED) is 0.795. The van der Waals surface area contributed by atoms with Gasteiger partial charge in [-0.1, -0.05) is 43.2 Å². The van der Waals surface area contributed by atoms with Crippen molar-refractivity contribution in [2.45, 2.75) is 50.7 Å². The summed E-state index contributed by atoms with van der Waals surface area (Å²) in [5.41, 5.74) is 1.99. The average molecular weight is 389 g/mol. The number of nitrogens with zero attached hydrogens (tertiary/aromatic N) is 2. The van der Waals surface area contributed by atoms with Crippen molar-refractivity contribution in [3.63, 3.8) is 0 Å². The molecule has 1 saturated carbocycles. The van der Waals surface area contributed by atoms with Crippen LogP contribution < -0.4 is 5.32 Å². The Balaban J connectivity index is 1.48. The Morgan fingerprint density at radius 2 is 1.83 bits per heavy atom. The third kappa shape index (κ3) is 4.56. The first-order valence-corrected chi connectivity index (χ1v) is 10.4. The van der Waals surface area contributed by atoms with Crippen molar-refractivity contribution in [1.29, 1.82) is 0 Å². The lowest BCUT2D eigenvalue weighted by atomic mass is 9.84. The van der Waals surface area contributed by atoms with Crippen LogP contribution in [0.25, 0.3) is 6.08 Å². The topological polar surface area (TPSA) is 62.3 Å². The summed E-state index contributed by atoms with van der Waals surface area (Å²) in [7, 11) is 0.